The molecule has 0 amide bonds. The van der Waals surface area contributed by atoms with Crippen molar-refractivity contribution in [2.24, 2.45) is 5.92 Å². The highest BCUT2D eigenvalue weighted by molar-refractivity contribution is 5.86. The second kappa shape index (κ2) is 12.0. The Morgan fingerprint density at radius 3 is 2.47 bits per heavy atom. The summed E-state index contributed by atoms with van der Waals surface area (Å²) in [6.07, 6.45) is 6.80. The Bertz CT molecular complexity index is 1210. The summed E-state index contributed by atoms with van der Waals surface area (Å²) in [6, 6.07) is 0. The summed E-state index contributed by atoms with van der Waals surface area (Å²) in [4.78, 5) is 26.0. The minimum Gasteiger partial charge on any atom is -0.461 e. The number of hydrogen-bond acceptors (Lipinski definition) is 9. The van der Waals surface area contributed by atoms with Crippen molar-refractivity contribution in [1.29, 1.82) is 0 Å². The normalized spacial score (nSPS) is 41.2. The van der Waals surface area contributed by atoms with E-state index in [0.717, 1.165) is 23.1 Å². The van der Waals surface area contributed by atoms with Gasteiger partial charge in [0.2, 0.25) is 0 Å². The van der Waals surface area contributed by atoms with Crippen LogP contribution in [0.1, 0.15) is 86.5 Å². The third kappa shape index (κ3) is 6.09. The van der Waals surface area contributed by atoms with Gasteiger partial charge in [-0.25, -0.2) is 4.79 Å². The maximum absolute atomic E-state index is 13.2. The molecule has 2 saturated heterocycles. The molecule has 4 rings (SSSR count). The van der Waals surface area contributed by atoms with Crippen molar-refractivity contribution in [1.82, 2.24) is 0 Å². The Kier molecular flexibility index (Phi) is 9.41. The highest BCUT2D eigenvalue weighted by Crippen LogP contribution is 2.57. The Morgan fingerprint density at radius 2 is 1.84 bits per heavy atom. The summed E-state index contributed by atoms with van der Waals surface area (Å²) < 4.78 is 23.5. The predicted octanol–water partition coefficient (Wildman–Crippen LogP) is 4.04. The number of Topliss-reactive ketones (excluding diaryl/α,β-unsaturated/α-hetero) is 1. The van der Waals surface area contributed by atoms with Crippen molar-refractivity contribution in [3.63, 3.8) is 0 Å². The summed E-state index contributed by atoms with van der Waals surface area (Å²) in [5.74, 6) is -1.25. The van der Waals surface area contributed by atoms with E-state index in [9.17, 15) is 24.9 Å². The van der Waals surface area contributed by atoms with E-state index in [4.69, 9.17) is 18.9 Å². The van der Waals surface area contributed by atoms with Crippen LogP contribution in [-0.2, 0) is 28.5 Å². The summed E-state index contributed by atoms with van der Waals surface area (Å²) in [5.41, 5.74) is -3.63. The molecule has 43 heavy (non-hydrogen) atoms. The number of aliphatic hydroxyl groups excluding tert-OH is 1. The summed E-state index contributed by atoms with van der Waals surface area (Å²) in [7, 11) is 1.29. The van der Waals surface area contributed by atoms with Crippen LogP contribution in [0.3, 0.4) is 0 Å². The summed E-state index contributed by atoms with van der Waals surface area (Å²) >= 11 is 0. The molecule has 3 N–H and O–H groups in total. The molecule has 4 aliphatic rings. The molecule has 4 fully saturated rings. The van der Waals surface area contributed by atoms with Crippen molar-refractivity contribution in [2.75, 3.05) is 13.7 Å². The molecule has 0 radical (unpaired) electrons. The van der Waals surface area contributed by atoms with Crippen LogP contribution in [0.2, 0.25) is 0 Å². The molecule has 0 aromatic carbocycles. The number of fused-ring (bicyclic) bond motifs is 2. The molecule has 0 spiro atoms. The summed E-state index contributed by atoms with van der Waals surface area (Å²) in [5, 5.41) is 35.0. The molecule has 9 heteroatoms. The van der Waals surface area contributed by atoms with E-state index in [0.29, 0.717) is 19.3 Å². The molecule has 240 valence electrons. The maximum Gasteiger partial charge on any atom is 0.335 e. The van der Waals surface area contributed by atoms with E-state index in [-0.39, 0.29) is 31.0 Å². The number of carbonyl (C=O) groups is 2. The second-order valence-electron chi connectivity index (χ2n) is 13.9. The number of rotatable bonds is 11. The van der Waals surface area contributed by atoms with Crippen LogP contribution in [0.25, 0.3) is 0 Å². The highest BCUT2D eigenvalue weighted by Gasteiger charge is 2.77. The topological polar surface area (TPSA) is 135 Å². The summed E-state index contributed by atoms with van der Waals surface area (Å²) in [6.45, 7) is 15.2. The van der Waals surface area contributed by atoms with Gasteiger partial charge in [0.25, 0.3) is 0 Å². The Labute approximate surface area is 255 Å². The zero-order valence-corrected chi connectivity index (χ0v) is 26.8. The molecule has 2 aliphatic carbocycles. The van der Waals surface area contributed by atoms with E-state index in [2.05, 4.69) is 6.58 Å². The van der Waals surface area contributed by atoms with Crippen molar-refractivity contribution in [2.45, 2.75) is 133 Å². The zero-order chi connectivity index (χ0) is 32.0. The first-order chi connectivity index (χ1) is 20.0. The van der Waals surface area contributed by atoms with Crippen LogP contribution < -0.4 is 0 Å². The SMILES string of the molecule is C=C1CC[C@@]2(C[C@@H](O)C(=O)OC[C@@]3(O)CCC(=O)[C@@H](OC)[C@]3(O)[C@@]3(C)O[C@H]3CC=C(C)C)C[C@@H]1[C@@](C)(/C=C\C=C(C)C)O2. The van der Waals surface area contributed by atoms with Gasteiger partial charge < -0.3 is 34.3 Å². The van der Waals surface area contributed by atoms with E-state index >= 15 is 0 Å². The predicted molar refractivity (Wildman–Crippen MR) is 161 cm³/mol. The van der Waals surface area contributed by atoms with Crippen LogP contribution in [0.15, 0.2) is 47.6 Å². The fraction of sp³-hybridized carbons (Fsp3) is 0.706. The molecular formula is C34H50O9. The first-order valence-electron chi connectivity index (χ1n) is 15.3. The van der Waals surface area contributed by atoms with Crippen molar-refractivity contribution in [3.05, 3.63) is 47.6 Å². The van der Waals surface area contributed by atoms with Crippen LogP contribution in [0, 0.1) is 5.92 Å². The van der Waals surface area contributed by atoms with Gasteiger partial charge >= 0.3 is 5.97 Å². The van der Waals surface area contributed by atoms with Crippen LogP contribution >= 0.6 is 0 Å². The lowest BCUT2D eigenvalue weighted by Crippen LogP contribution is -2.75. The second-order valence-corrected chi connectivity index (χ2v) is 13.9. The van der Waals surface area contributed by atoms with Gasteiger partial charge in [-0.1, -0.05) is 47.6 Å². The fourth-order valence-electron chi connectivity index (χ4n) is 7.50. The largest absolute Gasteiger partial charge is 0.461 e. The lowest BCUT2D eigenvalue weighted by atomic mass is 9.62. The van der Waals surface area contributed by atoms with Gasteiger partial charge in [-0.2, -0.15) is 0 Å². The van der Waals surface area contributed by atoms with Gasteiger partial charge in [-0.3, -0.25) is 4.79 Å². The Balaban J connectivity index is 1.48. The third-order valence-electron chi connectivity index (χ3n) is 10.1. The molecule has 0 aromatic rings. The molecule has 9 atom stereocenters. The minimum atomic E-state index is -2.20. The number of carbonyl (C=O) groups excluding carboxylic acids is 2. The quantitative estimate of drug-likeness (QED) is 0.139. The first kappa shape index (κ1) is 33.7. The number of allylic oxidation sites excluding steroid dienone is 4. The zero-order valence-electron chi connectivity index (χ0n) is 26.8. The average Bonchev–Trinajstić information content (AvgIpc) is 3.54. The molecule has 2 heterocycles. The molecule has 0 aromatic heterocycles. The number of hydrogen-bond donors (Lipinski definition) is 3. The van der Waals surface area contributed by atoms with Crippen LogP contribution in [0.5, 0.6) is 0 Å². The monoisotopic (exact) mass is 602 g/mol. The maximum atomic E-state index is 13.2. The molecule has 2 saturated carbocycles. The molecule has 2 bridgehead atoms. The standard InChI is InChI=1S/C34H50O9/c1-21(2)10-9-15-30(6)24-18-32(43-30,16-13-23(24)5)19-26(36)29(37)41-20-33(38)17-14-25(35)28(40-8)34(33,39)31(7)27(42-31)12-11-22(3)4/h9-11,15,24,26-28,36,38-39H,5,12-14,16-20H2,1-4,6-8H3/b15-9-/t24-,26+,27-,28+,30+,31-,32-,33-,34-/m0/s1. The minimum absolute atomic E-state index is 0.0230. The molecule has 9 nitrogen and oxygen atoms in total. The van der Waals surface area contributed by atoms with Gasteiger partial charge in [-0.05, 0) is 73.6 Å². The van der Waals surface area contributed by atoms with Gasteiger partial charge in [-0.15, -0.1) is 0 Å². The number of epoxide rings is 1. The Morgan fingerprint density at radius 1 is 1.14 bits per heavy atom. The van der Waals surface area contributed by atoms with Crippen molar-refractivity contribution in [3.8, 4) is 0 Å². The van der Waals surface area contributed by atoms with E-state index in [1.165, 1.54) is 7.11 Å². The van der Waals surface area contributed by atoms with Gasteiger partial charge in [0, 0.05) is 25.9 Å². The van der Waals surface area contributed by atoms with Crippen molar-refractivity contribution < 1.29 is 43.9 Å². The van der Waals surface area contributed by atoms with Gasteiger partial charge in [0.15, 0.2) is 17.5 Å². The van der Waals surface area contributed by atoms with Crippen LogP contribution in [0.4, 0.5) is 0 Å². The highest BCUT2D eigenvalue weighted by atomic mass is 16.6. The van der Waals surface area contributed by atoms with E-state index < -0.39 is 58.9 Å². The smallest absolute Gasteiger partial charge is 0.335 e. The molecule has 0 unspecified atom stereocenters. The van der Waals surface area contributed by atoms with Gasteiger partial charge in [0.05, 0.1) is 17.3 Å². The molecule has 2 aliphatic heterocycles. The van der Waals surface area contributed by atoms with Gasteiger partial charge in [0.1, 0.15) is 23.9 Å². The number of esters is 1. The number of ether oxygens (including phenoxy) is 4. The van der Waals surface area contributed by atoms with E-state index in [1.54, 1.807) is 6.92 Å². The van der Waals surface area contributed by atoms with Crippen LogP contribution in [-0.4, -0.2) is 87.1 Å². The average molecular weight is 603 g/mol. The third-order valence-corrected chi connectivity index (χ3v) is 10.1. The van der Waals surface area contributed by atoms with Crippen molar-refractivity contribution >= 4 is 11.8 Å². The number of aliphatic hydroxyl groups is 3. The Hall–Kier alpha value is -2.14. The fourth-order valence-corrected chi connectivity index (χ4v) is 7.50. The lowest BCUT2D eigenvalue weighted by Gasteiger charge is -2.51. The number of ketones is 1. The first-order valence-corrected chi connectivity index (χ1v) is 15.3. The van der Waals surface area contributed by atoms with E-state index in [1.807, 2.05) is 58.9 Å². The number of methoxy groups -OCH3 is 1. The molecular weight excluding hydrogens is 552 g/mol. The lowest BCUT2D eigenvalue weighted by molar-refractivity contribution is -0.260.